The maximum atomic E-state index is 13.1. The fraction of sp³-hybridized carbons (Fsp3) is 0.875. The number of rotatable bonds is 4. The Bertz CT molecular complexity index is 198. The van der Waals surface area contributed by atoms with E-state index in [2.05, 4.69) is 4.74 Å². The van der Waals surface area contributed by atoms with Crippen LogP contribution in [0.25, 0.3) is 0 Å². The minimum Gasteiger partial charge on any atom is -0.463 e. The molecule has 0 bridgehead atoms. The number of esters is 1. The molecular weight excluding hydrogens is 204 g/mol. The molecule has 0 saturated heterocycles. The Morgan fingerprint density at radius 3 is 2.14 bits per heavy atom. The highest BCUT2D eigenvalue weighted by Crippen LogP contribution is 2.21. The van der Waals surface area contributed by atoms with Crippen LogP contribution in [0.2, 0.25) is 0 Å². The average molecular weight is 216 g/mol. The van der Waals surface area contributed by atoms with Crippen molar-refractivity contribution in [2.75, 3.05) is 6.61 Å². The molecule has 0 heterocycles. The smallest absolute Gasteiger partial charge is 0.392 e. The molecule has 1 unspecified atom stereocenters. The van der Waals surface area contributed by atoms with Crippen molar-refractivity contribution in [3.63, 3.8) is 0 Å². The number of hydrogen-bond donors (Lipinski definition) is 0. The lowest BCUT2D eigenvalue weighted by Crippen LogP contribution is -2.32. The number of alkyl halides is 4. The van der Waals surface area contributed by atoms with E-state index in [0.29, 0.717) is 0 Å². The molecule has 0 rings (SSSR count). The third-order valence-corrected chi connectivity index (χ3v) is 1.71. The zero-order chi connectivity index (χ0) is 11.4. The van der Waals surface area contributed by atoms with Crippen LogP contribution in [0.4, 0.5) is 17.6 Å². The first-order chi connectivity index (χ1) is 6.19. The number of halogens is 4. The molecule has 0 aliphatic rings. The van der Waals surface area contributed by atoms with Crippen LogP contribution in [0.5, 0.6) is 0 Å². The fourth-order valence-electron chi connectivity index (χ4n) is 0.554. The molecule has 0 aromatic heterocycles. The molecule has 6 heteroatoms. The van der Waals surface area contributed by atoms with Crippen molar-refractivity contribution < 1.29 is 27.1 Å². The SMILES string of the molecule is CCC(C)(F)C(=O)OCCC(F)(F)F. The molecule has 0 aliphatic carbocycles. The molecule has 0 fully saturated rings. The Morgan fingerprint density at radius 2 is 1.79 bits per heavy atom. The predicted molar refractivity (Wildman–Crippen MR) is 41.4 cm³/mol. The van der Waals surface area contributed by atoms with Gasteiger partial charge < -0.3 is 4.74 Å². The van der Waals surface area contributed by atoms with Gasteiger partial charge in [-0.25, -0.2) is 9.18 Å². The van der Waals surface area contributed by atoms with E-state index in [4.69, 9.17) is 0 Å². The summed E-state index contributed by atoms with van der Waals surface area (Å²) in [6.45, 7) is 1.55. The summed E-state index contributed by atoms with van der Waals surface area (Å²) in [5.41, 5.74) is -2.20. The van der Waals surface area contributed by atoms with Crippen LogP contribution in [-0.4, -0.2) is 24.4 Å². The highest BCUT2D eigenvalue weighted by Gasteiger charge is 2.34. The van der Waals surface area contributed by atoms with Crippen LogP contribution in [0.15, 0.2) is 0 Å². The van der Waals surface area contributed by atoms with Crippen LogP contribution in [0.3, 0.4) is 0 Å². The first-order valence-corrected chi connectivity index (χ1v) is 4.12. The lowest BCUT2D eigenvalue weighted by Gasteiger charge is -2.16. The van der Waals surface area contributed by atoms with Crippen molar-refractivity contribution in [1.29, 1.82) is 0 Å². The molecule has 14 heavy (non-hydrogen) atoms. The monoisotopic (exact) mass is 216 g/mol. The van der Waals surface area contributed by atoms with Gasteiger partial charge >= 0.3 is 12.1 Å². The summed E-state index contributed by atoms with van der Waals surface area (Å²) in [6.07, 6.45) is -5.77. The molecule has 0 aromatic carbocycles. The van der Waals surface area contributed by atoms with Crippen LogP contribution >= 0.6 is 0 Å². The highest BCUT2D eigenvalue weighted by molar-refractivity contribution is 5.78. The van der Waals surface area contributed by atoms with Gasteiger partial charge in [0.05, 0.1) is 6.42 Å². The quantitative estimate of drug-likeness (QED) is 0.533. The molecule has 1 atom stereocenters. The van der Waals surface area contributed by atoms with E-state index in [0.717, 1.165) is 6.92 Å². The molecule has 0 N–H and O–H groups in total. The van der Waals surface area contributed by atoms with E-state index in [-0.39, 0.29) is 6.42 Å². The molecule has 0 saturated carbocycles. The van der Waals surface area contributed by atoms with Crippen molar-refractivity contribution >= 4 is 5.97 Å². The van der Waals surface area contributed by atoms with E-state index in [1.54, 1.807) is 0 Å². The molecule has 0 amide bonds. The van der Waals surface area contributed by atoms with Gasteiger partial charge in [0, 0.05) is 0 Å². The Kier molecular flexibility index (Phi) is 4.35. The maximum absolute atomic E-state index is 13.1. The molecular formula is C8H12F4O2. The van der Waals surface area contributed by atoms with Crippen molar-refractivity contribution in [3.8, 4) is 0 Å². The minimum atomic E-state index is -4.39. The molecule has 84 valence electrons. The topological polar surface area (TPSA) is 26.3 Å². The van der Waals surface area contributed by atoms with Crippen molar-refractivity contribution in [2.45, 2.75) is 38.5 Å². The second-order valence-electron chi connectivity index (χ2n) is 3.05. The number of ether oxygens (including phenoxy) is 1. The van der Waals surface area contributed by atoms with Gasteiger partial charge in [-0.2, -0.15) is 13.2 Å². The van der Waals surface area contributed by atoms with Gasteiger partial charge in [0.15, 0.2) is 0 Å². The molecule has 0 spiro atoms. The number of carbonyl (C=O) groups is 1. The normalized spacial score (nSPS) is 16.1. The largest absolute Gasteiger partial charge is 0.463 e. The van der Waals surface area contributed by atoms with Gasteiger partial charge in [0.25, 0.3) is 0 Å². The van der Waals surface area contributed by atoms with Crippen LogP contribution in [-0.2, 0) is 9.53 Å². The second-order valence-corrected chi connectivity index (χ2v) is 3.05. The van der Waals surface area contributed by atoms with Crippen LogP contribution in [0, 0.1) is 0 Å². The Balaban J connectivity index is 3.87. The van der Waals surface area contributed by atoms with Crippen molar-refractivity contribution in [3.05, 3.63) is 0 Å². The lowest BCUT2D eigenvalue weighted by molar-refractivity contribution is -0.168. The standard InChI is InChI=1S/C8H12F4O2/c1-3-7(2,9)6(13)14-5-4-8(10,11)12/h3-5H2,1-2H3. The summed E-state index contributed by atoms with van der Waals surface area (Å²) in [6, 6.07) is 0. The van der Waals surface area contributed by atoms with Crippen molar-refractivity contribution in [1.82, 2.24) is 0 Å². The second kappa shape index (κ2) is 4.61. The summed E-state index contributed by atoms with van der Waals surface area (Å²) in [5, 5.41) is 0. The van der Waals surface area contributed by atoms with E-state index >= 15 is 0 Å². The Hall–Kier alpha value is -0.810. The first-order valence-electron chi connectivity index (χ1n) is 4.12. The van der Waals surface area contributed by atoms with Crippen LogP contribution < -0.4 is 0 Å². The molecule has 2 nitrogen and oxygen atoms in total. The first kappa shape index (κ1) is 13.2. The van der Waals surface area contributed by atoms with Gasteiger partial charge in [-0.1, -0.05) is 6.92 Å². The van der Waals surface area contributed by atoms with Gasteiger partial charge in [0.1, 0.15) is 6.61 Å². The summed E-state index contributed by atoms with van der Waals surface area (Å²) < 4.78 is 52.0. The summed E-state index contributed by atoms with van der Waals surface area (Å²) >= 11 is 0. The van der Waals surface area contributed by atoms with Gasteiger partial charge in [-0.05, 0) is 13.3 Å². The zero-order valence-electron chi connectivity index (χ0n) is 7.95. The third kappa shape index (κ3) is 5.04. The van der Waals surface area contributed by atoms with Gasteiger partial charge in [-0.3, -0.25) is 0 Å². The van der Waals surface area contributed by atoms with E-state index in [1.807, 2.05) is 0 Å². The van der Waals surface area contributed by atoms with E-state index < -0.39 is 30.8 Å². The number of hydrogen-bond acceptors (Lipinski definition) is 2. The fourth-order valence-corrected chi connectivity index (χ4v) is 0.554. The highest BCUT2D eigenvalue weighted by atomic mass is 19.4. The Labute approximate surface area is 79.2 Å². The predicted octanol–water partition coefficient (Wildman–Crippen LogP) is 2.62. The van der Waals surface area contributed by atoms with Crippen molar-refractivity contribution in [2.24, 2.45) is 0 Å². The maximum Gasteiger partial charge on any atom is 0.392 e. The molecule has 0 aromatic rings. The summed E-state index contributed by atoms with van der Waals surface area (Å²) in [5.74, 6) is -1.25. The number of carbonyl (C=O) groups excluding carboxylic acids is 1. The summed E-state index contributed by atoms with van der Waals surface area (Å²) in [7, 11) is 0. The molecule has 0 radical (unpaired) electrons. The van der Waals surface area contributed by atoms with E-state index in [9.17, 15) is 22.4 Å². The van der Waals surface area contributed by atoms with Gasteiger partial charge in [-0.15, -0.1) is 0 Å². The van der Waals surface area contributed by atoms with Crippen LogP contribution in [0.1, 0.15) is 26.7 Å². The Morgan fingerprint density at radius 1 is 1.29 bits per heavy atom. The van der Waals surface area contributed by atoms with Gasteiger partial charge in [0.2, 0.25) is 5.67 Å². The average Bonchev–Trinajstić information content (AvgIpc) is 2.02. The zero-order valence-corrected chi connectivity index (χ0v) is 7.95. The third-order valence-electron chi connectivity index (χ3n) is 1.71. The lowest BCUT2D eigenvalue weighted by atomic mass is 10.1. The molecule has 0 aliphatic heterocycles. The van der Waals surface area contributed by atoms with E-state index in [1.165, 1.54) is 6.92 Å². The minimum absolute atomic E-state index is 0.127. The summed E-state index contributed by atoms with van der Waals surface area (Å²) in [4.78, 5) is 10.8.